The van der Waals surface area contributed by atoms with Crippen molar-refractivity contribution in [1.82, 2.24) is 4.90 Å². The Morgan fingerprint density at radius 2 is 1.90 bits per heavy atom. The Balaban J connectivity index is 2.18. The van der Waals surface area contributed by atoms with Gasteiger partial charge in [-0.15, -0.1) is 0 Å². The zero-order valence-electron chi connectivity index (χ0n) is 12.8. The van der Waals surface area contributed by atoms with Gasteiger partial charge in [-0.2, -0.15) is 0 Å². The van der Waals surface area contributed by atoms with E-state index in [1.807, 2.05) is 0 Å². The zero-order valence-corrected chi connectivity index (χ0v) is 12.8. The van der Waals surface area contributed by atoms with Gasteiger partial charge in [0.05, 0.1) is 6.61 Å². The fourth-order valence-electron chi connectivity index (χ4n) is 2.89. The van der Waals surface area contributed by atoms with Crippen LogP contribution in [-0.2, 0) is 0 Å². The number of nitrogens with zero attached hydrogens (tertiary/aromatic N) is 1. The topological polar surface area (TPSA) is 38.5 Å². The summed E-state index contributed by atoms with van der Waals surface area (Å²) in [4.78, 5) is 2.56. The molecule has 2 rings (SSSR count). The van der Waals surface area contributed by atoms with Gasteiger partial charge in [-0.05, 0) is 50.9 Å². The van der Waals surface area contributed by atoms with Gasteiger partial charge in [0.1, 0.15) is 5.75 Å². The Kier molecular flexibility index (Phi) is 5.86. The van der Waals surface area contributed by atoms with E-state index in [4.69, 9.17) is 10.5 Å². The molecule has 1 heterocycles. The lowest BCUT2D eigenvalue weighted by atomic mass is 10.0. The van der Waals surface area contributed by atoms with E-state index >= 15 is 0 Å². The van der Waals surface area contributed by atoms with Crippen LogP contribution in [0.3, 0.4) is 0 Å². The second-order valence-electron chi connectivity index (χ2n) is 6.08. The molecule has 3 heteroatoms. The lowest BCUT2D eigenvalue weighted by molar-refractivity contribution is 0.219. The van der Waals surface area contributed by atoms with Crippen LogP contribution in [-0.4, -0.2) is 31.1 Å². The smallest absolute Gasteiger partial charge is 0.124 e. The molecule has 3 nitrogen and oxygen atoms in total. The van der Waals surface area contributed by atoms with E-state index in [-0.39, 0.29) is 0 Å². The Morgan fingerprint density at radius 1 is 1.20 bits per heavy atom. The number of hydrogen-bond donors (Lipinski definition) is 1. The Bertz CT molecular complexity index is 400. The van der Waals surface area contributed by atoms with Gasteiger partial charge in [-0.1, -0.05) is 32.0 Å². The number of rotatable bonds is 7. The predicted octanol–water partition coefficient (Wildman–Crippen LogP) is 3.21. The van der Waals surface area contributed by atoms with Gasteiger partial charge in [0, 0.05) is 11.6 Å². The maximum Gasteiger partial charge on any atom is 0.124 e. The molecule has 0 bridgehead atoms. The standard InChI is InChI=1S/C17H28N2O/c1-14(2)13-20-17-8-4-3-7-15(17)16(9-10-18)19-11-5-6-12-19/h3-4,7-8,14,16H,5-6,9-13,18H2,1-2H3. The molecule has 1 fully saturated rings. The molecule has 20 heavy (non-hydrogen) atoms. The minimum atomic E-state index is 0.408. The number of likely N-dealkylation sites (tertiary alicyclic amines) is 1. The summed E-state index contributed by atoms with van der Waals surface area (Å²) in [5.74, 6) is 1.58. The van der Waals surface area contributed by atoms with Crippen molar-refractivity contribution in [3.63, 3.8) is 0 Å². The van der Waals surface area contributed by atoms with Gasteiger partial charge >= 0.3 is 0 Å². The van der Waals surface area contributed by atoms with Crippen LogP contribution in [0, 0.1) is 5.92 Å². The predicted molar refractivity (Wildman–Crippen MR) is 84.0 cm³/mol. The fourth-order valence-corrected chi connectivity index (χ4v) is 2.89. The molecule has 112 valence electrons. The monoisotopic (exact) mass is 276 g/mol. The number of ether oxygens (including phenoxy) is 1. The van der Waals surface area contributed by atoms with Crippen LogP contribution in [0.2, 0.25) is 0 Å². The number of nitrogens with two attached hydrogens (primary N) is 1. The third-order valence-electron chi connectivity index (χ3n) is 3.87. The first kappa shape index (κ1) is 15.3. The lowest BCUT2D eigenvalue weighted by Crippen LogP contribution is -2.28. The first-order chi connectivity index (χ1) is 9.72. The van der Waals surface area contributed by atoms with Crippen LogP contribution in [0.4, 0.5) is 0 Å². The van der Waals surface area contributed by atoms with Gasteiger partial charge in [0.15, 0.2) is 0 Å². The SMILES string of the molecule is CC(C)COc1ccccc1C(CCN)N1CCCC1. The van der Waals surface area contributed by atoms with E-state index in [1.165, 1.54) is 31.5 Å². The summed E-state index contributed by atoms with van der Waals surface area (Å²) in [6, 6.07) is 8.87. The van der Waals surface area contributed by atoms with Crippen molar-refractivity contribution < 1.29 is 4.74 Å². The van der Waals surface area contributed by atoms with Crippen LogP contribution in [0.15, 0.2) is 24.3 Å². The number of benzene rings is 1. The van der Waals surface area contributed by atoms with Crippen molar-refractivity contribution in [1.29, 1.82) is 0 Å². The molecular weight excluding hydrogens is 248 g/mol. The van der Waals surface area contributed by atoms with Gasteiger partial charge < -0.3 is 10.5 Å². The lowest BCUT2D eigenvalue weighted by Gasteiger charge is -2.29. The summed E-state index contributed by atoms with van der Waals surface area (Å²) in [7, 11) is 0. The Labute approximate surface area is 123 Å². The molecule has 1 aromatic carbocycles. The minimum absolute atomic E-state index is 0.408. The first-order valence-corrected chi connectivity index (χ1v) is 7.88. The second-order valence-corrected chi connectivity index (χ2v) is 6.08. The first-order valence-electron chi connectivity index (χ1n) is 7.88. The summed E-state index contributed by atoms with van der Waals surface area (Å²) in [6.07, 6.45) is 3.61. The van der Waals surface area contributed by atoms with Crippen LogP contribution in [0.25, 0.3) is 0 Å². The van der Waals surface area contributed by atoms with Gasteiger partial charge in [-0.25, -0.2) is 0 Å². The minimum Gasteiger partial charge on any atom is -0.493 e. The number of hydrogen-bond acceptors (Lipinski definition) is 3. The normalized spacial score (nSPS) is 17.6. The number of para-hydroxylation sites is 1. The molecule has 0 saturated carbocycles. The average molecular weight is 276 g/mol. The Morgan fingerprint density at radius 3 is 2.55 bits per heavy atom. The van der Waals surface area contributed by atoms with Gasteiger partial charge in [0.2, 0.25) is 0 Å². The van der Waals surface area contributed by atoms with E-state index in [1.54, 1.807) is 0 Å². The molecule has 0 spiro atoms. The molecular formula is C17H28N2O. The van der Waals surface area contributed by atoms with Crippen molar-refractivity contribution in [2.24, 2.45) is 11.7 Å². The third kappa shape index (κ3) is 3.97. The molecule has 2 N–H and O–H groups in total. The van der Waals surface area contributed by atoms with E-state index < -0.39 is 0 Å². The largest absolute Gasteiger partial charge is 0.493 e. The quantitative estimate of drug-likeness (QED) is 0.831. The van der Waals surface area contributed by atoms with E-state index in [0.717, 1.165) is 25.3 Å². The van der Waals surface area contributed by atoms with Crippen molar-refractivity contribution in [3.05, 3.63) is 29.8 Å². The summed E-state index contributed by atoms with van der Waals surface area (Å²) in [5, 5.41) is 0. The van der Waals surface area contributed by atoms with Crippen molar-refractivity contribution in [3.8, 4) is 5.75 Å². The molecule has 1 atom stereocenters. The van der Waals surface area contributed by atoms with E-state index in [2.05, 4.69) is 43.0 Å². The fraction of sp³-hybridized carbons (Fsp3) is 0.647. The molecule has 1 aromatic rings. The summed E-state index contributed by atoms with van der Waals surface area (Å²) < 4.78 is 6.02. The Hall–Kier alpha value is -1.06. The van der Waals surface area contributed by atoms with Crippen LogP contribution in [0.5, 0.6) is 5.75 Å². The summed E-state index contributed by atoms with van der Waals surface area (Å²) in [6.45, 7) is 8.22. The second kappa shape index (κ2) is 7.65. The molecule has 0 aromatic heterocycles. The maximum absolute atomic E-state index is 6.02. The van der Waals surface area contributed by atoms with E-state index in [0.29, 0.717) is 12.0 Å². The highest BCUT2D eigenvalue weighted by Gasteiger charge is 2.25. The molecule has 0 aliphatic carbocycles. The van der Waals surface area contributed by atoms with Gasteiger partial charge in [0.25, 0.3) is 0 Å². The summed E-state index contributed by atoms with van der Waals surface area (Å²) in [5.41, 5.74) is 7.15. The highest BCUT2D eigenvalue weighted by Crippen LogP contribution is 2.33. The highest BCUT2D eigenvalue weighted by molar-refractivity contribution is 5.36. The third-order valence-corrected chi connectivity index (χ3v) is 3.87. The molecule has 1 aliphatic heterocycles. The molecule has 1 unspecified atom stereocenters. The van der Waals surface area contributed by atoms with Gasteiger partial charge in [-0.3, -0.25) is 4.90 Å². The average Bonchev–Trinajstić information content (AvgIpc) is 2.97. The molecule has 1 aliphatic rings. The molecule has 0 radical (unpaired) electrons. The van der Waals surface area contributed by atoms with Crippen molar-refractivity contribution >= 4 is 0 Å². The van der Waals surface area contributed by atoms with Crippen LogP contribution in [0.1, 0.15) is 44.7 Å². The van der Waals surface area contributed by atoms with Crippen LogP contribution < -0.4 is 10.5 Å². The maximum atomic E-state index is 6.02. The molecule has 1 saturated heterocycles. The van der Waals surface area contributed by atoms with E-state index in [9.17, 15) is 0 Å². The molecule has 0 amide bonds. The zero-order chi connectivity index (χ0) is 14.4. The van der Waals surface area contributed by atoms with Crippen molar-refractivity contribution in [2.45, 2.75) is 39.2 Å². The van der Waals surface area contributed by atoms with Crippen molar-refractivity contribution in [2.75, 3.05) is 26.2 Å². The highest BCUT2D eigenvalue weighted by atomic mass is 16.5. The summed E-state index contributed by atoms with van der Waals surface area (Å²) >= 11 is 0. The van der Waals surface area contributed by atoms with Crippen LogP contribution >= 0.6 is 0 Å².